The fourth-order valence-electron chi connectivity index (χ4n) is 2.00. The molecule has 0 aliphatic carbocycles. The van der Waals surface area contributed by atoms with E-state index in [1.165, 1.54) is 25.3 Å². The van der Waals surface area contributed by atoms with E-state index < -0.39 is 30.0 Å². The molecule has 8 heteroatoms. The van der Waals surface area contributed by atoms with E-state index in [4.69, 9.17) is 21.1 Å². The predicted molar refractivity (Wildman–Crippen MR) is 91.4 cm³/mol. The fourth-order valence-corrected chi connectivity index (χ4v) is 2.25. The quantitative estimate of drug-likeness (QED) is 0.556. The number of methoxy groups -OCH3 is 1. The topological polar surface area (TPSA) is 105 Å². The number of phenols is 2. The summed E-state index contributed by atoms with van der Waals surface area (Å²) in [7, 11) is 1.47. The molecule has 3 N–H and O–H groups in total. The van der Waals surface area contributed by atoms with Crippen molar-refractivity contribution in [1.29, 1.82) is 0 Å². The van der Waals surface area contributed by atoms with E-state index in [0.29, 0.717) is 22.0 Å². The molecule has 7 nitrogen and oxygen atoms in total. The SMILES string of the molecule is COc1ccc(NC(=O)COC(=O)c2ccc(C)c(O)c2O)cc1Cl. The predicted octanol–water partition coefficient (Wildman–Crippen LogP) is 2.86. The summed E-state index contributed by atoms with van der Waals surface area (Å²) in [5.74, 6) is -2.07. The Hall–Kier alpha value is -2.93. The van der Waals surface area contributed by atoms with Crippen molar-refractivity contribution >= 4 is 29.2 Å². The number of carbonyl (C=O) groups is 2. The van der Waals surface area contributed by atoms with Gasteiger partial charge in [0.2, 0.25) is 0 Å². The van der Waals surface area contributed by atoms with Gasteiger partial charge in [-0.2, -0.15) is 0 Å². The maximum absolute atomic E-state index is 11.9. The van der Waals surface area contributed by atoms with Gasteiger partial charge in [-0.05, 0) is 36.8 Å². The van der Waals surface area contributed by atoms with Crippen LogP contribution in [0, 0.1) is 6.92 Å². The number of ether oxygens (including phenoxy) is 2. The Labute approximate surface area is 148 Å². The molecular weight excluding hydrogens is 350 g/mol. The molecule has 0 heterocycles. The number of hydrogen-bond acceptors (Lipinski definition) is 6. The molecule has 25 heavy (non-hydrogen) atoms. The first-order valence-corrected chi connectivity index (χ1v) is 7.53. The number of anilines is 1. The standard InChI is InChI=1S/C17H16ClNO6/c1-9-3-5-11(16(22)15(9)21)17(23)25-8-14(20)19-10-4-6-13(24-2)12(18)7-10/h3-7,21-22H,8H2,1-2H3,(H,19,20). The molecule has 2 aromatic carbocycles. The largest absolute Gasteiger partial charge is 0.504 e. The number of carbonyl (C=O) groups excluding carboxylic acids is 2. The Morgan fingerprint density at radius 3 is 2.52 bits per heavy atom. The molecule has 0 bridgehead atoms. The summed E-state index contributed by atoms with van der Waals surface area (Å²) in [4.78, 5) is 23.8. The summed E-state index contributed by atoms with van der Waals surface area (Å²) in [5, 5.41) is 22.2. The number of benzene rings is 2. The van der Waals surface area contributed by atoms with E-state index in [9.17, 15) is 19.8 Å². The lowest BCUT2D eigenvalue weighted by Gasteiger charge is -2.10. The van der Waals surface area contributed by atoms with Gasteiger partial charge in [-0.25, -0.2) is 4.79 Å². The van der Waals surface area contributed by atoms with Crippen molar-refractivity contribution in [2.45, 2.75) is 6.92 Å². The van der Waals surface area contributed by atoms with Gasteiger partial charge in [0.1, 0.15) is 11.3 Å². The van der Waals surface area contributed by atoms with Gasteiger partial charge in [0, 0.05) is 5.69 Å². The third kappa shape index (κ3) is 4.33. The molecule has 0 saturated heterocycles. The number of phenolic OH excluding ortho intramolecular Hbond substituents is 2. The second-order valence-corrected chi connectivity index (χ2v) is 5.51. The Balaban J connectivity index is 1.97. The molecule has 0 saturated carbocycles. The lowest BCUT2D eigenvalue weighted by molar-refractivity contribution is -0.119. The van der Waals surface area contributed by atoms with Gasteiger partial charge in [0.15, 0.2) is 18.1 Å². The monoisotopic (exact) mass is 365 g/mol. The van der Waals surface area contributed by atoms with Crippen molar-refractivity contribution in [3.8, 4) is 17.2 Å². The molecule has 132 valence electrons. The molecule has 0 atom stereocenters. The molecular formula is C17H16ClNO6. The van der Waals surface area contributed by atoms with E-state index in [0.717, 1.165) is 0 Å². The van der Waals surface area contributed by atoms with Crippen LogP contribution in [0.2, 0.25) is 5.02 Å². The Bertz CT molecular complexity index is 821. The summed E-state index contributed by atoms with van der Waals surface area (Å²) < 4.78 is 9.84. The number of nitrogens with one attached hydrogen (secondary N) is 1. The minimum Gasteiger partial charge on any atom is -0.504 e. The van der Waals surface area contributed by atoms with Crippen LogP contribution in [0.5, 0.6) is 17.2 Å². The van der Waals surface area contributed by atoms with E-state index >= 15 is 0 Å². The molecule has 0 spiro atoms. The number of esters is 1. The summed E-state index contributed by atoms with van der Waals surface area (Å²) in [6.07, 6.45) is 0. The van der Waals surface area contributed by atoms with Gasteiger partial charge in [0.25, 0.3) is 5.91 Å². The summed E-state index contributed by atoms with van der Waals surface area (Å²) in [6.45, 7) is 0.994. The van der Waals surface area contributed by atoms with Crippen LogP contribution in [0.4, 0.5) is 5.69 Å². The minimum atomic E-state index is -0.935. The van der Waals surface area contributed by atoms with E-state index in [1.807, 2.05) is 0 Å². The van der Waals surface area contributed by atoms with Gasteiger partial charge >= 0.3 is 5.97 Å². The lowest BCUT2D eigenvalue weighted by atomic mass is 10.1. The van der Waals surface area contributed by atoms with E-state index in [-0.39, 0.29) is 5.56 Å². The highest BCUT2D eigenvalue weighted by atomic mass is 35.5. The number of hydrogen-bond donors (Lipinski definition) is 3. The molecule has 0 unspecified atom stereocenters. The van der Waals surface area contributed by atoms with Gasteiger partial charge in [-0.15, -0.1) is 0 Å². The summed E-state index contributed by atoms with van der Waals surface area (Å²) >= 11 is 5.95. The van der Waals surface area contributed by atoms with Crippen LogP contribution < -0.4 is 10.1 Å². The van der Waals surface area contributed by atoms with Crippen LogP contribution >= 0.6 is 11.6 Å². The molecule has 0 aliphatic rings. The van der Waals surface area contributed by atoms with Crippen LogP contribution in [0.25, 0.3) is 0 Å². The van der Waals surface area contributed by atoms with Crippen LogP contribution in [0.15, 0.2) is 30.3 Å². The van der Waals surface area contributed by atoms with Crippen molar-refractivity contribution in [2.24, 2.45) is 0 Å². The average Bonchev–Trinajstić information content (AvgIpc) is 2.58. The number of halogens is 1. The smallest absolute Gasteiger partial charge is 0.342 e. The zero-order valence-corrected chi connectivity index (χ0v) is 14.3. The van der Waals surface area contributed by atoms with Crippen molar-refractivity contribution in [3.05, 3.63) is 46.5 Å². The van der Waals surface area contributed by atoms with Crippen molar-refractivity contribution in [1.82, 2.24) is 0 Å². The third-order valence-electron chi connectivity index (χ3n) is 3.34. The molecule has 2 aromatic rings. The van der Waals surface area contributed by atoms with Crippen molar-refractivity contribution in [3.63, 3.8) is 0 Å². The van der Waals surface area contributed by atoms with Crippen LogP contribution in [-0.4, -0.2) is 35.8 Å². The molecule has 0 aliphatic heterocycles. The summed E-state index contributed by atoms with van der Waals surface area (Å²) in [5.41, 5.74) is 0.578. The molecule has 2 rings (SSSR count). The van der Waals surface area contributed by atoms with Gasteiger partial charge in [-0.3, -0.25) is 4.79 Å². The second kappa shape index (κ2) is 7.76. The lowest BCUT2D eigenvalue weighted by Crippen LogP contribution is -2.21. The maximum atomic E-state index is 11.9. The zero-order chi connectivity index (χ0) is 18.6. The van der Waals surface area contributed by atoms with Crippen LogP contribution in [0.3, 0.4) is 0 Å². The first-order chi connectivity index (χ1) is 11.8. The van der Waals surface area contributed by atoms with Crippen molar-refractivity contribution < 1.29 is 29.3 Å². The Kier molecular flexibility index (Phi) is 5.71. The van der Waals surface area contributed by atoms with E-state index in [1.54, 1.807) is 19.1 Å². The maximum Gasteiger partial charge on any atom is 0.342 e. The highest BCUT2D eigenvalue weighted by molar-refractivity contribution is 6.32. The molecule has 0 fully saturated rings. The van der Waals surface area contributed by atoms with Crippen LogP contribution in [-0.2, 0) is 9.53 Å². The van der Waals surface area contributed by atoms with Gasteiger partial charge < -0.3 is 25.0 Å². The first-order valence-electron chi connectivity index (χ1n) is 7.15. The van der Waals surface area contributed by atoms with Crippen molar-refractivity contribution in [2.75, 3.05) is 19.0 Å². The Morgan fingerprint density at radius 1 is 1.16 bits per heavy atom. The second-order valence-electron chi connectivity index (χ2n) is 5.10. The number of amides is 1. The zero-order valence-electron chi connectivity index (χ0n) is 13.5. The van der Waals surface area contributed by atoms with Crippen LogP contribution in [0.1, 0.15) is 15.9 Å². The number of aromatic hydroxyl groups is 2. The average molecular weight is 366 g/mol. The van der Waals surface area contributed by atoms with Gasteiger partial charge in [-0.1, -0.05) is 17.7 Å². The van der Waals surface area contributed by atoms with E-state index in [2.05, 4.69) is 5.32 Å². The highest BCUT2D eigenvalue weighted by Gasteiger charge is 2.18. The van der Waals surface area contributed by atoms with Gasteiger partial charge in [0.05, 0.1) is 12.1 Å². The summed E-state index contributed by atoms with van der Waals surface area (Å²) in [6, 6.07) is 7.40. The third-order valence-corrected chi connectivity index (χ3v) is 3.64. The molecule has 0 radical (unpaired) electrons. The fraction of sp³-hybridized carbons (Fsp3) is 0.176. The Morgan fingerprint density at radius 2 is 1.88 bits per heavy atom. The first kappa shape index (κ1) is 18.4. The molecule has 1 amide bonds. The normalized spacial score (nSPS) is 10.2. The number of rotatable bonds is 5. The highest BCUT2D eigenvalue weighted by Crippen LogP contribution is 2.32. The number of aryl methyl sites for hydroxylation is 1. The molecule has 0 aromatic heterocycles. The minimum absolute atomic E-state index is 0.233.